The van der Waals surface area contributed by atoms with Gasteiger partial charge in [0.15, 0.2) is 5.58 Å². The van der Waals surface area contributed by atoms with E-state index in [0.717, 1.165) is 110 Å². The Morgan fingerprint density at radius 3 is 0.837 bits per heavy atom. The van der Waals surface area contributed by atoms with Gasteiger partial charge in [-0.15, -0.1) is 0 Å². The summed E-state index contributed by atoms with van der Waals surface area (Å²) in [4.78, 5) is 0. The predicted molar refractivity (Wildman–Crippen MR) is 616 cm³/mol. The second-order valence-corrected chi connectivity index (χ2v) is 38.9. The molecule has 0 N–H and O–H groups in total. The average molecular weight is 1870 g/mol. The van der Waals surface area contributed by atoms with Gasteiger partial charge in [0.2, 0.25) is 0 Å². The van der Waals surface area contributed by atoms with Crippen LogP contribution in [0.4, 0.5) is 0 Å². The quantitative estimate of drug-likeness (QED) is 0.145. The van der Waals surface area contributed by atoms with E-state index in [9.17, 15) is 0 Å². The Balaban J connectivity index is 0.0000000999. The highest BCUT2D eigenvalue weighted by atomic mass is 16.3. The highest BCUT2D eigenvalue weighted by Crippen LogP contribution is 2.50. The molecule has 147 heavy (non-hydrogen) atoms. The molecule has 0 spiro atoms. The largest absolute Gasteiger partial charge is 0.456 e. The van der Waals surface area contributed by atoms with E-state index in [0.29, 0.717) is 0 Å². The molecule has 9 heteroatoms. The van der Waals surface area contributed by atoms with Crippen molar-refractivity contribution in [1.29, 1.82) is 0 Å². The maximum Gasteiger partial charge on any atom is 0.160 e. The molecule has 0 saturated heterocycles. The zero-order valence-electron chi connectivity index (χ0n) is 79.4. The average Bonchev–Trinajstić information content (AvgIpc) is 1.56. The molecule has 0 aliphatic heterocycles. The second kappa shape index (κ2) is 32.4. The van der Waals surface area contributed by atoms with Crippen molar-refractivity contribution in [3.05, 3.63) is 510 Å². The lowest BCUT2D eigenvalue weighted by atomic mass is 10.00. The molecule has 0 aliphatic carbocycles. The van der Waals surface area contributed by atoms with Crippen LogP contribution in [-0.4, -0.2) is 27.4 Å². The summed E-state index contributed by atoms with van der Waals surface area (Å²) in [7, 11) is 0. The van der Waals surface area contributed by atoms with Crippen molar-refractivity contribution in [1.82, 2.24) is 27.4 Å². The molecule has 0 unspecified atom stereocenters. The van der Waals surface area contributed by atoms with E-state index in [2.05, 4.69) is 519 Å². The zero-order chi connectivity index (χ0) is 96.2. The third-order valence-electron chi connectivity index (χ3n) is 30.8. The fourth-order valence-corrected chi connectivity index (χ4v) is 24.2. The van der Waals surface area contributed by atoms with Crippen molar-refractivity contribution >= 4 is 229 Å². The van der Waals surface area contributed by atoms with Crippen LogP contribution in [0.1, 0.15) is 0 Å². The van der Waals surface area contributed by atoms with Gasteiger partial charge in [0, 0.05) is 120 Å². The number of benzene rings is 24. The molecular weight excluding hydrogens is 1790 g/mol. The van der Waals surface area contributed by atoms with Crippen LogP contribution in [0.25, 0.3) is 296 Å². The van der Waals surface area contributed by atoms with Gasteiger partial charge in [0.1, 0.15) is 27.9 Å². The van der Waals surface area contributed by atoms with Crippen LogP contribution in [0, 0.1) is 0 Å². The highest BCUT2D eigenvalue weighted by Gasteiger charge is 2.27. The minimum atomic E-state index is 0.905. The number of hydrogen-bond acceptors (Lipinski definition) is 3. The number of rotatable bonds is 9. The molecule has 0 aliphatic rings. The Morgan fingerprint density at radius 1 is 0.122 bits per heavy atom. The van der Waals surface area contributed by atoms with Gasteiger partial charge in [-0.05, 0) is 278 Å². The molecule has 33 aromatic rings. The van der Waals surface area contributed by atoms with Crippen molar-refractivity contribution in [3.63, 3.8) is 0 Å². The lowest BCUT2D eigenvalue weighted by molar-refractivity contribution is 0.669. The fourth-order valence-electron chi connectivity index (χ4n) is 24.2. The van der Waals surface area contributed by atoms with E-state index in [4.69, 9.17) is 13.3 Å². The van der Waals surface area contributed by atoms with E-state index in [1.807, 2.05) is 18.2 Å². The molecule has 0 bridgehead atoms. The lowest BCUT2D eigenvalue weighted by Gasteiger charge is -2.10. The molecule has 24 aromatic carbocycles. The Kier molecular flexibility index (Phi) is 18.1. The summed E-state index contributed by atoms with van der Waals surface area (Å²) in [5.41, 5.74) is 33.7. The van der Waals surface area contributed by atoms with Crippen LogP contribution in [0.5, 0.6) is 0 Å². The van der Waals surface area contributed by atoms with Gasteiger partial charge < -0.3 is 40.7 Å². The first-order valence-electron chi connectivity index (χ1n) is 50.3. The highest BCUT2D eigenvalue weighted by molar-refractivity contribution is 6.28. The molecule has 0 fully saturated rings. The van der Waals surface area contributed by atoms with Crippen LogP contribution in [0.15, 0.2) is 523 Å². The van der Waals surface area contributed by atoms with Crippen LogP contribution < -0.4 is 0 Å². The Morgan fingerprint density at radius 2 is 0.401 bits per heavy atom. The second-order valence-electron chi connectivity index (χ2n) is 38.9. The van der Waals surface area contributed by atoms with Gasteiger partial charge in [-0.3, -0.25) is 0 Å². The summed E-state index contributed by atoms with van der Waals surface area (Å²) in [5, 5.41) is 29.0. The summed E-state index contributed by atoms with van der Waals surface area (Å²) >= 11 is 0. The molecule has 0 amide bonds. The van der Waals surface area contributed by atoms with Gasteiger partial charge in [0.05, 0.1) is 77.0 Å². The van der Waals surface area contributed by atoms with Crippen molar-refractivity contribution in [3.8, 4) is 67.5 Å². The van der Waals surface area contributed by atoms with E-state index in [1.165, 1.54) is 186 Å². The van der Waals surface area contributed by atoms with Crippen molar-refractivity contribution in [2.24, 2.45) is 0 Å². The standard InChI is InChI=1S/3C46H28N2O/c1-2-12-33(13-3-1)48-43-25-20-32(28-40(43)37-22-23-38-36-15-7-9-17-44(36)49-46(38)45(37)48)31-19-24-42-39(27-31)35-14-6-8-16-41(35)47(42)34-21-18-29-10-4-5-11-30(29)26-34;1-2-12-33(13-3-1)48-42-24-20-32(28-39(42)36-22-25-44-45(46(36)48)37-15-7-9-17-43(37)49-44)31-19-23-41-38(27-31)35-14-6-8-16-40(35)47(41)34-21-18-29-10-4-5-11-30(29)26-34;1-2-12-33(13-3-1)47-42-24-20-32(28-39(42)45-43(47)25-22-37-36-15-7-9-17-44(36)49-46(37)45)31-19-23-41-38(27-31)35-14-6-8-16-40(35)48(41)34-21-18-29-10-4-5-11-30(29)26-34/h3*1-28H. The molecule has 0 atom stereocenters. The third kappa shape index (κ3) is 12.7. The molecule has 0 radical (unpaired) electrons. The SMILES string of the molecule is c1ccc(-n2c3ccc(-c4ccc5c(c4)c4ccccc4n5-c4ccc5ccccc5c4)cc3c3c4oc5ccccc5c4ccc32)cc1.c1ccc(-n2c3ccc(-c4ccc5c(c4)c4ccccc4n5-c4ccc5ccccc5c4)cc3c3ccc4c5ccccc5oc4c32)cc1.c1ccc(-n2c3ccc(-c4ccc5c(c4)c4ccccc4n5-c4ccc5ccccc5c4)cc3c3ccc4oc5ccccc5c4c32)cc1. The molecule has 9 heterocycles. The Hall–Kier alpha value is -19.7. The van der Waals surface area contributed by atoms with Crippen LogP contribution in [-0.2, 0) is 0 Å². The summed E-state index contributed by atoms with van der Waals surface area (Å²) in [5.74, 6) is 0. The minimum Gasteiger partial charge on any atom is -0.456 e. The molecule has 33 rings (SSSR count). The number of nitrogens with zero attached hydrogens (tertiary/aromatic N) is 6. The number of fused-ring (bicyclic) bond motifs is 33. The molecular formula is C138H84N6O3. The summed E-state index contributed by atoms with van der Waals surface area (Å²) in [6, 6.07) is 184. The topological polar surface area (TPSA) is 69.0 Å². The van der Waals surface area contributed by atoms with E-state index >= 15 is 0 Å². The molecule has 684 valence electrons. The predicted octanol–water partition coefficient (Wildman–Crippen LogP) is 37.8. The molecule has 9 nitrogen and oxygen atoms in total. The normalized spacial score (nSPS) is 12.1. The smallest absolute Gasteiger partial charge is 0.160 e. The monoisotopic (exact) mass is 1870 g/mol. The van der Waals surface area contributed by atoms with E-state index in [1.54, 1.807) is 0 Å². The number of para-hydroxylation sites is 9. The van der Waals surface area contributed by atoms with E-state index in [-0.39, 0.29) is 0 Å². The van der Waals surface area contributed by atoms with Gasteiger partial charge in [-0.2, -0.15) is 0 Å². The van der Waals surface area contributed by atoms with Crippen molar-refractivity contribution in [2.75, 3.05) is 0 Å². The van der Waals surface area contributed by atoms with E-state index < -0.39 is 0 Å². The molecule has 9 aromatic heterocycles. The third-order valence-corrected chi connectivity index (χ3v) is 30.8. The minimum absolute atomic E-state index is 0.905. The number of furan rings is 3. The maximum absolute atomic E-state index is 6.63. The van der Waals surface area contributed by atoms with Crippen molar-refractivity contribution < 1.29 is 13.3 Å². The van der Waals surface area contributed by atoms with Gasteiger partial charge in [0.25, 0.3) is 0 Å². The van der Waals surface area contributed by atoms with Crippen molar-refractivity contribution in [2.45, 2.75) is 0 Å². The number of hydrogen-bond donors (Lipinski definition) is 0. The fraction of sp³-hybridized carbons (Fsp3) is 0. The van der Waals surface area contributed by atoms with Crippen LogP contribution in [0.2, 0.25) is 0 Å². The van der Waals surface area contributed by atoms with Gasteiger partial charge >= 0.3 is 0 Å². The summed E-state index contributed by atoms with van der Waals surface area (Å²) < 4.78 is 33.9. The zero-order valence-corrected chi connectivity index (χ0v) is 79.4. The maximum atomic E-state index is 6.63. The van der Waals surface area contributed by atoms with Crippen LogP contribution in [0.3, 0.4) is 0 Å². The first-order valence-corrected chi connectivity index (χ1v) is 50.3. The lowest BCUT2D eigenvalue weighted by Crippen LogP contribution is -1.94. The number of aromatic nitrogens is 6. The van der Waals surface area contributed by atoms with Crippen LogP contribution >= 0.6 is 0 Å². The van der Waals surface area contributed by atoms with Gasteiger partial charge in [-0.25, -0.2) is 0 Å². The summed E-state index contributed by atoms with van der Waals surface area (Å²) in [6.45, 7) is 0. The summed E-state index contributed by atoms with van der Waals surface area (Å²) in [6.07, 6.45) is 0. The first-order chi connectivity index (χ1) is 72.9. The van der Waals surface area contributed by atoms with Gasteiger partial charge in [-0.1, -0.05) is 297 Å². The molecule has 0 saturated carbocycles. The Bertz CT molecular complexity index is 11300. The Labute approximate surface area is 840 Å². The first kappa shape index (κ1) is 82.0.